The van der Waals surface area contributed by atoms with Gasteiger partial charge >= 0.3 is 6.03 Å². The molecule has 0 radical (unpaired) electrons. The number of hydrogen-bond acceptors (Lipinski definition) is 3. The van der Waals surface area contributed by atoms with Crippen molar-refractivity contribution >= 4 is 40.8 Å². The van der Waals surface area contributed by atoms with E-state index in [2.05, 4.69) is 15.2 Å². The minimum atomic E-state index is -0.313. The number of carbonyl (C=O) groups is 1. The first-order chi connectivity index (χ1) is 11.8. The second-order valence-electron chi connectivity index (χ2n) is 5.84. The molecule has 0 spiro atoms. The molecule has 2 rings (SSSR count). The Morgan fingerprint density at radius 3 is 2.84 bits per heavy atom. The number of rotatable bonds is 2. The number of halogens is 2. The Hall–Kier alpha value is -1.77. The predicted octanol–water partition coefficient (Wildman–Crippen LogP) is 2.36. The first kappa shape index (κ1) is 19.6. The molecule has 9 heteroatoms. The van der Waals surface area contributed by atoms with Gasteiger partial charge in [-0.2, -0.15) is 0 Å². The van der Waals surface area contributed by atoms with E-state index >= 15 is 0 Å². The molecule has 0 unspecified atom stereocenters. The van der Waals surface area contributed by atoms with Gasteiger partial charge in [-0.25, -0.2) is 14.2 Å². The molecule has 3 N–H and O–H groups in total. The monoisotopic (exact) mass is 385 g/mol. The van der Waals surface area contributed by atoms with Crippen LogP contribution in [0.4, 0.5) is 9.18 Å². The van der Waals surface area contributed by atoms with Crippen molar-refractivity contribution in [3.63, 3.8) is 0 Å². The van der Waals surface area contributed by atoms with Crippen molar-refractivity contribution in [3.05, 3.63) is 34.6 Å². The molecule has 136 valence electrons. The topological polar surface area (TPSA) is 74.0 Å². The van der Waals surface area contributed by atoms with Gasteiger partial charge in [0, 0.05) is 43.3 Å². The molecule has 6 nitrogen and oxygen atoms in total. The predicted molar refractivity (Wildman–Crippen MR) is 101 cm³/mol. The summed E-state index contributed by atoms with van der Waals surface area (Å²) in [6.45, 7) is 4.61. The van der Waals surface area contributed by atoms with Crippen molar-refractivity contribution in [2.45, 2.75) is 19.9 Å². The summed E-state index contributed by atoms with van der Waals surface area (Å²) in [4.78, 5) is 19.8. The molecule has 0 atom stereocenters. The van der Waals surface area contributed by atoms with Crippen LogP contribution in [0.3, 0.4) is 0 Å². The third-order valence-electron chi connectivity index (χ3n) is 3.78. The largest absolute Gasteiger partial charge is 0.387 e. The molecule has 1 aliphatic heterocycles. The van der Waals surface area contributed by atoms with Crippen LogP contribution in [0, 0.1) is 5.82 Å². The summed E-state index contributed by atoms with van der Waals surface area (Å²) in [6, 6.07) is 4.39. The smallest absolute Gasteiger partial charge is 0.323 e. The molecule has 2 amide bonds. The second-order valence-corrected chi connectivity index (χ2v) is 6.66. The zero-order valence-electron chi connectivity index (χ0n) is 14.0. The van der Waals surface area contributed by atoms with Gasteiger partial charge in [0.05, 0.1) is 5.84 Å². The van der Waals surface area contributed by atoms with Crippen LogP contribution in [0.5, 0.6) is 0 Å². The summed E-state index contributed by atoms with van der Waals surface area (Å²) in [5.41, 5.74) is 6.03. The first-order valence-corrected chi connectivity index (χ1v) is 8.70. The highest BCUT2D eigenvalue weighted by molar-refractivity contribution is 7.80. The van der Waals surface area contributed by atoms with Crippen molar-refractivity contribution in [1.82, 2.24) is 15.1 Å². The van der Waals surface area contributed by atoms with Gasteiger partial charge in [0.2, 0.25) is 5.11 Å². The number of nitrogens with one attached hydrogen (secondary N) is 1. The van der Waals surface area contributed by atoms with Crippen LogP contribution in [0.1, 0.15) is 18.9 Å². The van der Waals surface area contributed by atoms with E-state index in [1.54, 1.807) is 24.0 Å². The number of carbonyl (C=O) groups excluding carboxylic acids is 1. The highest BCUT2D eigenvalue weighted by Gasteiger charge is 2.20. The number of amidine groups is 1. The van der Waals surface area contributed by atoms with Crippen LogP contribution < -0.4 is 11.1 Å². The Morgan fingerprint density at radius 1 is 1.40 bits per heavy atom. The molecule has 1 aromatic carbocycles. The van der Waals surface area contributed by atoms with Gasteiger partial charge in [0.1, 0.15) is 5.82 Å². The number of nitrogens with two attached hydrogens (primary N) is 1. The Kier molecular flexibility index (Phi) is 7.10. The van der Waals surface area contributed by atoms with Gasteiger partial charge < -0.3 is 10.6 Å². The van der Waals surface area contributed by atoms with Crippen molar-refractivity contribution in [1.29, 1.82) is 0 Å². The van der Waals surface area contributed by atoms with E-state index in [0.29, 0.717) is 36.8 Å². The summed E-state index contributed by atoms with van der Waals surface area (Å²) in [5.74, 6) is -0.0240. The molecule has 1 fully saturated rings. The summed E-state index contributed by atoms with van der Waals surface area (Å²) in [5, 5.41) is 2.98. The average Bonchev–Trinajstić information content (AvgIpc) is 2.75. The maximum absolute atomic E-state index is 13.9. The van der Waals surface area contributed by atoms with Gasteiger partial charge in [0.15, 0.2) is 0 Å². The SMILES string of the molecule is C/C(N)=N/C(=S)NC(=O)N1CCCN(Cc2ccc(Cl)cc2F)CC1. The molecule has 25 heavy (non-hydrogen) atoms. The van der Waals surface area contributed by atoms with E-state index in [4.69, 9.17) is 29.6 Å². The lowest BCUT2D eigenvalue weighted by Gasteiger charge is -2.22. The summed E-state index contributed by atoms with van der Waals surface area (Å²) in [6.07, 6.45) is 0.786. The number of amides is 2. The van der Waals surface area contributed by atoms with Gasteiger partial charge in [-0.3, -0.25) is 10.2 Å². The lowest BCUT2D eigenvalue weighted by molar-refractivity contribution is 0.202. The fourth-order valence-electron chi connectivity index (χ4n) is 2.58. The summed E-state index contributed by atoms with van der Waals surface area (Å²) >= 11 is 10.7. The summed E-state index contributed by atoms with van der Waals surface area (Å²) < 4.78 is 13.9. The van der Waals surface area contributed by atoms with Crippen LogP contribution in [0.15, 0.2) is 23.2 Å². The average molecular weight is 386 g/mol. The molecule has 0 saturated carbocycles. The van der Waals surface area contributed by atoms with Gasteiger partial charge in [-0.1, -0.05) is 17.7 Å². The molecular formula is C16H21ClFN5OS. The van der Waals surface area contributed by atoms with Crippen LogP contribution in [0.2, 0.25) is 5.02 Å². The minimum absolute atomic E-state index is 0.0503. The van der Waals surface area contributed by atoms with E-state index in [-0.39, 0.29) is 22.8 Å². The standard InChI is InChI=1S/C16H21ClFN5OS/c1-11(19)20-15(25)21-16(24)23-6-2-5-22(7-8-23)10-12-3-4-13(17)9-14(12)18/h3-4,9H,2,5-8,10H2,1H3,(H3,19,20,21,24,25). The van der Waals surface area contributed by atoms with E-state index in [0.717, 1.165) is 13.0 Å². The number of benzene rings is 1. The molecule has 0 bridgehead atoms. The molecule has 1 aromatic rings. The van der Waals surface area contributed by atoms with E-state index < -0.39 is 0 Å². The fourth-order valence-corrected chi connectivity index (χ4v) is 2.97. The Balaban J connectivity index is 1.90. The molecule has 1 saturated heterocycles. The highest BCUT2D eigenvalue weighted by Crippen LogP contribution is 2.17. The number of nitrogens with zero attached hydrogens (tertiary/aromatic N) is 3. The molecular weight excluding hydrogens is 365 g/mol. The van der Waals surface area contributed by atoms with Gasteiger partial charge in [-0.15, -0.1) is 0 Å². The summed E-state index contributed by atoms with van der Waals surface area (Å²) in [7, 11) is 0. The lowest BCUT2D eigenvalue weighted by Crippen LogP contribution is -2.43. The molecule has 0 aromatic heterocycles. The Labute approximate surface area is 156 Å². The van der Waals surface area contributed by atoms with E-state index in [1.165, 1.54) is 6.07 Å². The quantitative estimate of drug-likeness (QED) is 0.465. The van der Waals surface area contributed by atoms with Crippen molar-refractivity contribution in [3.8, 4) is 0 Å². The minimum Gasteiger partial charge on any atom is -0.387 e. The Bertz CT molecular complexity index is 680. The third kappa shape index (κ3) is 6.22. The first-order valence-electron chi connectivity index (χ1n) is 7.92. The third-order valence-corrected chi connectivity index (χ3v) is 4.21. The fraction of sp³-hybridized carbons (Fsp3) is 0.438. The van der Waals surface area contributed by atoms with E-state index in [1.807, 2.05) is 0 Å². The zero-order valence-corrected chi connectivity index (χ0v) is 15.5. The molecule has 1 aliphatic rings. The number of hydrogen-bond donors (Lipinski definition) is 2. The lowest BCUT2D eigenvalue weighted by atomic mass is 10.2. The van der Waals surface area contributed by atoms with Gasteiger partial charge in [0.25, 0.3) is 0 Å². The number of thiocarbonyl (C=S) groups is 1. The highest BCUT2D eigenvalue weighted by atomic mass is 35.5. The van der Waals surface area contributed by atoms with Crippen LogP contribution >= 0.6 is 23.8 Å². The van der Waals surface area contributed by atoms with Gasteiger partial charge in [-0.05, 0) is 37.7 Å². The normalized spacial score (nSPS) is 16.4. The molecule has 0 aliphatic carbocycles. The maximum Gasteiger partial charge on any atom is 0.323 e. The number of aliphatic imine (C=N–C) groups is 1. The molecule has 1 heterocycles. The van der Waals surface area contributed by atoms with Crippen molar-refractivity contribution < 1.29 is 9.18 Å². The van der Waals surface area contributed by atoms with Crippen molar-refractivity contribution in [2.24, 2.45) is 10.7 Å². The Morgan fingerprint density at radius 2 is 2.16 bits per heavy atom. The maximum atomic E-state index is 13.9. The van der Waals surface area contributed by atoms with E-state index in [9.17, 15) is 9.18 Å². The van der Waals surface area contributed by atoms with Crippen LogP contribution in [-0.4, -0.2) is 53.0 Å². The van der Waals surface area contributed by atoms with Crippen LogP contribution in [0.25, 0.3) is 0 Å². The zero-order chi connectivity index (χ0) is 18.4. The van der Waals surface area contributed by atoms with Crippen molar-refractivity contribution in [2.75, 3.05) is 26.2 Å². The number of urea groups is 1. The second kappa shape index (κ2) is 9.07. The van der Waals surface area contributed by atoms with Crippen LogP contribution in [-0.2, 0) is 6.54 Å².